The third kappa shape index (κ3) is 7.09. The number of ether oxygens (including phenoxy) is 1. The average Bonchev–Trinajstić information content (AvgIpc) is 2.75. The summed E-state index contributed by atoms with van der Waals surface area (Å²) < 4.78 is 84.7. The summed E-state index contributed by atoms with van der Waals surface area (Å²) in [7, 11) is 0. The topological polar surface area (TPSA) is 41.6 Å². The van der Waals surface area contributed by atoms with Crippen LogP contribution in [0.3, 0.4) is 0 Å². The molecule has 0 radical (unpaired) electrons. The van der Waals surface area contributed by atoms with Gasteiger partial charge in [-0.15, -0.1) is 12.4 Å². The lowest BCUT2D eigenvalue weighted by molar-refractivity contribution is -0.143. The molecule has 1 heterocycles. The van der Waals surface area contributed by atoms with Crippen LogP contribution >= 0.6 is 12.4 Å². The minimum absolute atomic E-state index is 0. The van der Waals surface area contributed by atoms with Crippen LogP contribution in [0, 0.1) is 0 Å². The van der Waals surface area contributed by atoms with Gasteiger partial charge >= 0.3 is 12.4 Å². The molecule has 0 aliphatic carbocycles. The van der Waals surface area contributed by atoms with Gasteiger partial charge in [-0.3, -0.25) is 9.69 Å². The van der Waals surface area contributed by atoms with Crippen molar-refractivity contribution in [2.45, 2.75) is 43.9 Å². The lowest BCUT2D eigenvalue weighted by atomic mass is 9.92. The first-order chi connectivity index (χ1) is 15.1. The molecule has 1 N–H and O–H groups in total. The van der Waals surface area contributed by atoms with Crippen LogP contribution in [0.5, 0.6) is 0 Å². The van der Waals surface area contributed by atoms with Crippen LogP contribution in [-0.2, 0) is 28.5 Å². The molecule has 1 aliphatic heterocycles. The van der Waals surface area contributed by atoms with Gasteiger partial charge in [0.25, 0.3) is 0 Å². The van der Waals surface area contributed by atoms with Crippen molar-refractivity contribution in [3.05, 3.63) is 70.8 Å². The fourth-order valence-electron chi connectivity index (χ4n) is 3.92. The summed E-state index contributed by atoms with van der Waals surface area (Å²) in [5.41, 5.74) is -2.07. The highest BCUT2D eigenvalue weighted by Crippen LogP contribution is 2.37. The van der Waals surface area contributed by atoms with Crippen molar-refractivity contribution >= 4 is 18.8 Å². The van der Waals surface area contributed by atoms with Gasteiger partial charge in [0.2, 0.25) is 6.41 Å². The smallest absolute Gasteiger partial charge is 0.372 e. The van der Waals surface area contributed by atoms with Crippen LogP contribution in [0.25, 0.3) is 0 Å². The van der Waals surface area contributed by atoms with E-state index in [1.54, 1.807) is 0 Å². The number of carbonyl (C=O) groups excluding carboxylic acids is 1. The number of nitrogens with one attached hydrogen (secondary N) is 1. The van der Waals surface area contributed by atoms with Crippen molar-refractivity contribution in [1.29, 1.82) is 0 Å². The van der Waals surface area contributed by atoms with Crippen LogP contribution in [0.2, 0.25) is 0 Å². The minimum atomic E-state index is -4.91. The number of alkyl halides is 6. The van der Waals surface area contributed by atoms with Gasteiger partial charge in [0.1, 0.15) is 0 Å². The molecule has 3 rings (SSSR count). The van der Waals surface area contributed by atoms with Crippen molar-refractivity contribution in [3.63, 3.8) is 0 Å². The molecular formula is C22H23ClF6N2O2. The average molecular weight is 497 g/mol. The highest BCUT2D eigenvalue weighted by atomic mass is 35.5. The van der Waals surface area contributed by atoms with E-state index in [4.69, 9.17) is 4.74 Å². The Balaban J connectivity index is 0.00000385. The molecule has 0 aromatic heterocycles. The molecule has 33 heavy (non-hydrogen) atoms. The van der Waals surface area contributed by atoms with Crippen LogP contribution < -0.4 is 5.32 Å². The number of hydrogen-bond donors (Lipinski definition) is 1. The van der Waals surface area contributed by atoms with Gasteiger partial charge in [-0.05, 0) is 42.2 Å². The summed E-state index contributed by atoms with van der Waals surface area (Å²) in [5, 5.41) is 2.60. The Hall–Kier alpha value is -2.30. The van der Waals surface area contributed by atoms with E-state index in [-0.39, 0.29) is 36.7 Å². The Bertz CT molecular complexity index is 876. The number of likely N-dealkylation sites (tertiary alicyclic amines) is 1. The Kier molecular flexibility index (Phi) is 9.16. The van der Waals surface area contributed by atoms with Gasteiger partial charge in [0, 0.05) is 6.54 Å². The lowest BCUT2D eigenvalue weighted by Crippen LogP contribution is -2.46. The zero-order valence-corrected chi connectivity index (χ0v) is 18.1. The van der Waals surface area contributed by atoms with E-state index in [0.717, 1.165) is 5.56 Å². The predicted molar refractivity (Wildman–Crippen MR) is 111 cm³/mol. The summed E-state index contributed by atoms with van der Waals surface area (Å²) in [6, 6.07) is 10.4. The minimum Gasteiger partial charge on any atom is -0.372 e. The number of piperidine rings is 1. The molecule has 1 saturated heterocycles. The normalized spacial score (nSPS) is 19.6. The molecule has 1 fully saturated rings. The van der Waals surface area contributed by atoms with Gasteiger partial charge in [-0.1, -0.05) is 30.3 Å². The highest BCUT2D eigenvalue weighted by molar-refractivity contribution is 5.85. The van der Waals surface area contributed by atoms with Crippen LogP contribution in [0.4, 0.5) is 26.3 Å². The first kappa shape index (κ1) is 26.9. The second-order valence-electron chi connectivity index (χ2n) is 7.55. The van der Waals surface area contributed by atoms with Crippen LogP contribution in [-0.4, -0.2) is 30.6 Å². The lowest BCUT2D eigenvalue weighted by Gasteiger charge is -2.41. The quantitative estimate of drug-likeness (QED) is 0.402. The van der Waals surface area contributed by atoms with Gasteiger partial charge in [-0.25, -0.2) is 0 Å². The van der Waals surface area contributed by atoms with Gasteiger partial charge in [-0.2, -0.15) is 26.3 Å². The predicted octanol–water partition coefficient (Wildman–Crippen LogP) is 5.57. The summed E-state index contributed by atoms with van der Waals surface area (Å²) >= 11 is 0. The number of amides is 1. The monoisotopic (exact) mass is 496 g/mol. The molecule has 1 aliphatic rings. The van der Waals surface area contributed by atoms with Crippen LogP contribution in [0.1, 0.15) is 41.1 Å². The zero-order chi connectivity index (χ0) is 23.4. The standard InChI is InChI=1S/C22H22F6N2O2.ClH/c23-21(24,25)17-9-15(10-18(11-17)22(26,27)28)12-32-19-7-4-8-30(13-29-14-31)20(19)16-5-2-1-3-6-16;/h1-3,5-6,9-11,14,19-20H,4,7-8,12-13H2,(H,29,31);1H. The van der Waals surface area contributed by atoms with E-state index in [1.807, 2.05) is 35.2 Å². The van der Waals surface area contributed by atoms with E-state index >= 15 is 0 Å². The molecule has 0 spiro atoms. The number of hydrogen-bond acceptors (Lipinski definition) is 3. The number of benzene rings is 2. The third-order valence-corrected chi connectivity index (χ3v) is 5.31. The Morgan fingerprint density at radius 1 is 1.00 bits per heavy atom. The highest BCUT2D eigenvalue weighted by Gasteiger charge is 2.37. The molecule has 182 valence electrons. The molecule has 1 amide bonds. The van der Waals surface area contributed by atoms with Gasteiger partial charge in [0.05, 0.1) is 36.5 Å². The molecule has 2 aromatic rings. The molecule has 4 nitrogen and oxygen atoms in total. The third-order valence-electron chi connectivity index (χ3n) is 5.31. The Labute approximate surface area is 193 Å². The molecule has 0 saturated carbocycles. The van der Waals surface area contributed by atoms with Crippen LogP contribution in [0.15, 0.2) is 48.5 Å². The summed E-state index contributed by atoms with van der Waals surface area (Å²) in [5.74, 6) is 0. The first-order valence-corrected chi connectivity index (χ1v) is 9.95. The van der Waals surface area contributed by atoms with E-state index < -0.39 is 36.2 Å². The van der Waals surface area contributed by atoms with E-state index in [2.05, 4.69) is 5.32 Å². The van der Waals surface area contributed by atoms with Gasteiger partial charge in [0.15, 0.2) is 0 Å². The molecule has 2 aromatic carbocycles. The fraction of sp³-hybridized carbons (Fsp3) is 0.409. The van der Waals surface area contributed by atoms with Crippen molar-refractivity contribution in [3.8, 4) is 0 Å². The van der Waals surface area contributed by atoms with Crippen molar-refractivity contribution in [1.82, 2.24) is 10.2 Å². The SMILES string of the molecule is Cl.O=CNCN1CCCC(OCc2cc(C(F)(F)F)cc(C(F)(F)F)c2)C1c1ccccc1. The largest absolute Gasteiger partial charge is 0.416 e. The summed E-state index contributed by atoms with van der Waals surface area (Å²) in [6.07, 6.45) is -8.47. The Morgan fingerprint density at radius 3 is 2.15 bits per heavy atom. The molecule has 2 unspecified atom stereocenters. The molecule has 11 heteroatoms. The maximum absolute atomic E-state index is 13.1. The molecule has 0 bridgehead atoms. The fourth-order valence-corrected chi connectivity index (χ4v) is 3.92. The summed E-state index contributed by atoms with van der Waals surface area (Å²) in [4.78, 5) is 12.7. The summed E-state index contributed by atoms with van der Waals surface area (Å²) in [6.45, 7) is 0.489. The number of halogens is 7. The zero-order valence-electron chi connectivity index (χ0n) is 17.3. The van der Waals surface area contributed by atoms with Crippen molar-refractivity contribution in [2.75, 3.05) is 13.2 Å². The van der Waals surface area contributed by atoms with E-state index in [1.165, 1.54) is 0 Å². The number of rotatable bonds is 7. The van der Waals surface area contributed by atoms with Gasteiger partial charge < -0.3 is 10.1 Å². The maximum Gasteiger partial charge on any atom is 0.416 e. The van der Waals surface area contributed by atoms with E-state index in [9.17, 15) is 31.1 Å². The van der Waals surface area contributed by atoms with E-state index in [0.29, 0.717) is 37.9 Å². The number of carbonyl (C=O) groups is 1. The number of nitrogens with zero attached hydrogens (tertiary/aromatic N) is 1. The molecule has 2 atom stereocenters. The maximum atomic E-state index is 13.1. The second-order valence-corrected chi connectivity index (χ2v) is 7.55. The van der Waals surface area contributed by atoms with Crippen molar-refractivity contribution in [2.24, 2.45) is 0 Å². The van der Waals surface area contributed by atoms with Crippen molar-refractivity contribution < 1.29 is 35.9 Å². The second kappa shape index (κ2) is 11.2. The Morgan fingerprint density at radius 2 is 1.61 bits per heavy atom. The first-order valence-electron chi connectivity index (χ1n) is 9.95. The molecular weight excluding hydrogens is 474 g/mol.